The minimum atomic E-state index is -1.41. The third-order valence-electron chi connectivity index (χ3n) is 10.6. The highest BCUT2D eigenvalue weighted by molar-refractivity contribution is 8.18. The summed E-state index contributed by atoms with van der Waals surface area (Å²) in [6, 6.07) is -2.54. The Morgan fingerprint density at radius 3 is 2.29 bits per heavy atom. The molecule has 0 bridgehead atoms. The Labute approximate surface area is 310 Å². The number of nitrogens with zero attached hydrogens (tertiary/aromatic N) is 3. The largest absolute Gasteiger partial charge is 0.381 e. The van der Waals surface area contributed by atoms with Gasteiger partial charge in [-0.15, -0.1) is 23.5 Å². The molecule has 12 nitrogen and oxygen atoms in total. The molecule has 4 amide bonds. The predicted molar refractivity (Wildman–Crippen MR) is 199 cm³/mol. The van der Waals surface area contributed by atoms with E-state index in [1.54, 1.807) is 28.4 Å². The quantitative estimate of drug-likeness (QED) is 0.205. The lowest BCUT2D eigenvalue weighted by atomic mass is 9.76. The highest BCUT2D eigenvalue weighted by atomic mass is 32.2. The lowest BCUT2D eigenvalue weighted by molar-refractivity contribution is -0.145. The van der Waals surface area contributed by atoms with Crippen molar-refractivity contribution in [2.45, 2.75) is 139 Å². The molecular formula is C37H56N6O6S2. The van der Waals surface area contributed by atoms with E-state index in [1.807, 2.05) is 27.7 Å². The molecule has 5 atom stereocenters. The predicted octanol–water partition coefficient (Wildman–Crippen LogP) is 3.87. The van der Waals surface area contributed by atoms with E-state index < -0.39 is 47.4 Å². The van der Waals surface area contributed by atoms with Gasteiger partial charge >= 0.3 is 0 Å². The number of likely N-dealkylation sites (tertiary alicyclic amines) is 1. The molecule has 14 heteroatoms. The number of Topliss-reactive ketones (excluding diaryl/α,β-unsaturated/α-hetero) is 1. The average molecular weight is 745 g/mol. The van der Waals surface area contributed by atoms with E-state index in [9.17, 15) is 29.1 Å². The molecule has 4 fully saturated rings. The van der Waals surface area contributed by atoms with Gasteiger partial charge in [0.05, 0.1) is 16.3 Å². The third-order valence-corrected chi connectivity index (χ3v) is 13.9. The van der Waals surface area contributed by atoms with Gasteiger partial charge in [-0.1, -0.05) is 53.4 Å². The van der Waals surface area contributed by atoms with Crippen LogP contribution in [0.5, 0.6) is 0 Å². The third kappa shape index (κ3) is 10.2. The first kappa shape index (κ1) is 39.5. The summed E-state index contributed by atoms with van der Waals surface area (Å²) in [6.07, 6.45) is 11.9. The number of amides is 4. The molecule has 2 saturated carbocycles. The molecule has 0 aromatic carbocycles. The number of aliphatic hydroxyl groups is 1. The van der Waals surface area contributed by atoms with Crippen molar-refractivity contribution in [3.8, 4) is 0 Å². The van der Waals surface area contributed by atoms with Crippen LogP contribution in [0.4, 0.5) is 0 Å². The van der Waals surface area contributed by atoms with Gasteiger partial charge in [0.25, 0.3) is 5.91 Å². The van der Waals surface area contributed by atoms with Crippen LogP contribution in [0.2, 0.25) is 0 Å². The molecule has 282 valence electrons. The second-order valence-corrected chi connectivity index (χ2v) is 19.0. The van der Waals surface area contributed by atoms with E-state index in [-0.39, 0.29) is 45.8 Å². The van der Waals surface area contributed by atoms with Gasteiger partial charge in [0.2, 0.25) is 17.7 Å². The molecule has 1 spiro atoms. The lowest BCUT2D eigenvalue weighted by Crippen LogP contribution is -2.60. The van der Waals surface area contributed by atoms with Gasteiger partial charge in [0.15, 0.2) is 11.9 Å². The van der Waals surface area contributed by atoms with Crippen molar-refractivity contribution in [2.75, 3.05) is 18.1 Å². The van der Waals surface area contributed by atoms with Gasteiger partial charge in [0, 0.05) is 43.7 Å². The number of nitrogens with one attached hydrogen (secondary N) is 3. The van der Waals surface area contributed by atoms with Crippen LogP contribution < -0.4 is 16.0 Å². The van der Waals surface area contributed by atoms with E-state index in [0.29, 0.717) is 25.8 Å². The van der Waals surface area contributed by atoms with Crippen molar-refractivity contribution in [2.24, 2.45) is 17.3 Å². The van der Waals surface area contributed by atoms with Crippen LogP contribution in [0, 0.1) is 17.3 Å². The number of thioether (sulfide) groups is 2. The fourth-order valence-electron chi connectivity index (χ4n) is 7.55. The zero-order chi connectivity index (χ0) is 36.8. The molecule has 4 aliphatic rings. The number of carbonyl (C=O) groups excluding carboxylic acids is 5. The molecular weight excluding hydrogens is 689 g/mol. The Morgan fingerprint density at radius 2 is 1.69 bits per heavy atom. The van der Waals surface area contributed by atoms with Crippen LogP contribution in [0.25, 0.3) is 0 Å². The summed E-state index contributed by atoms with van der Waals surface area (Å²) in [5.74, 6) is -0.635. The summed E-state index contributed by atoms with van der Waals surface area (Å²) in [5.41, 5.74) is -0.505. The maximum atomic E-state index is 14.8. The lowest BCUT2D eigenvalue weighted by Gasteiger charge is -2.38. The Kier molecular flexibility index (Phi) is 13.5. The summed E-state index contributed by atoms with van der Waals surface area (Å²) in [7, 11) is 0. The van der Waals surface area contributed by atoms with E-state index in [1.165, 1.54) is 18.6 Å². The fourth-order valence-corrected chi connectivity index (χ4v) is 10.9. The fraction of sp³-hybridized carbons (Fsp3) is 0.757. The Balaban J connectivity index is 1.38. The zero-order valence-corrected chi connectivity index (χ0v) is 32.2. The van der Waals surface area contributed by atoms with Crippen LogP contribution in [0.1, 0.15) is 115 Å². The highest BCUT2D eigenvalue weighted by Crippen LogP contribution is 2.51. The molecule has 1 unspecified atom stereocenters. The van der Waals surface area contributed by atoms with Crippen molar-refractivity contribution < 1.29 is 29.1 Å². The number of ketones is 1. The normalized spacial score (nSPS) is 23.2. The zero-order valence-electron chi connectivity index (χ0n) is 30.5. The van der Waals surface area contributed by atoms with Crippen molar-refractivity contribution in [3.05, 3.63) is 24.3 Å². The molecule has 51 heavy (non-hydrogen) atoms. The number of aromatic nitrogens is 2. The van der Waals surface area contributed by atoms with Crippen molar-refractivity contribution in [3.63, 3.8) is 0 Å². The summed E-state index contributed by atoms with van der Waals surface area (Å²) in [6.45, 7) is 7.95. The second kappa shape index (κ2) is 17.4. The van der Waals surface area contributed by atoms with Gasteiger partial charge in [-0.05, 0) is 61.4 Å². The highest BCUT2D eigenvalue weighted by Gasteiger charge is 2.53. The number of carbonyl (C=O) groups is 5. The topological polar surface area (TPSA) is 171 Å². The Morgan fingerprint density at radius 1 is 0.980 bits per heavy atom. The SMILES string of the molecule is CCC[C@H](NC(=O)[C@@H]1CC2(CN1C(=O)[C@@H](NC(=O)[C@@H](CC(=O)c1cnccn1)C1CCCCC1)C(C)(C)C)SCCCS2)C(O)C(=O)NC1CC1. The van der Waals surface area contributed by atoms with E-state index in [0.717, 1.165) is 62.9 Å². The molecule has 1 aromatic rings. The first-order valence-electron chi connectivity index (χ1n) is 18.8. The molecule has 1 aromatic heterocycles. The van der Waals surface area contributed by atoms with Crippen LogP contribution in [-0.4, -0.2) is 102 Å². The van der Waals surface area contributed by atoms with Gasteiger partial charge in [-0.2, -0.15) is 0 Å². The van der Waals surface area contributed by atoms with Crippen LogP contribution in [-0.2, 0) is 19.2 Å². The summed E-state index contributed by atoms with van der Waals surface area (Å²) < 4.78 is -0.377. The van der Waals surface area contributed by atoms with Crippen molar-refractivity contribution >= 4 is 52.9 Å². The van der Waals surface area contributed by atoms with Crippen molar-refractivity contribution in [1.82, 2.24) is 30.8 Å². The van der Waals surface area contributed by atoms with Crippen LogP contribution >= 0.6 is 23.5 Å². The summed E-state index contributed by atoms with van der Waals surface area (Å²) in [4.78, 5) is 79.3. The smallest absolute Gasteiger partial charge is 0.251 e. The first-order valence-corrected chi connectivity index (χ1v) is 20.8. The molecule has 5 rings (SSSR count). The monoisotopic (exact) mass is 744 g/mol. The molecule has 2 saturated heterocycles. The first-order chi connectivity index (χ1) is 24.3. The average Bonchev–Trinajstić information content (AvgIpc) is 3.87. The minimum absolute atomic E-state index is 0.00208. The summed E-state index contributed by atoms with van der Waals surface area (Å²) >= 11 is 3.54. The Hall–Kier alpha value is -2.71. The van der Waals surface area contributed by atoms with Gasteiger partial charge in [0.1, 0.15) is 17.8 Å². The van der Waals surface area contributed by atoms with Crippen molar-refractivity contribution in [1.29, 1.82) is 0 Å². The van der Waals surface area contributed by atoms with Gasteiger partial charge < -0.3 is 26.0 Å². The molecule has 0 radical (unpaired) electrons. The maximum absolute atomic E-state index is 14.8. The number of hydrogen-bond donors (Lipinski definition) is 4. The van der Waals surface area contributed by atoms with E-state index >= 15 is 0 Å². The van der Waals surface area contributed by atoms with Gasteiger partial charge in [-0.3, -0.25) is 29.0 Å². The number of rotatable bonds is 14. The molecule has 3 heterocycles. The standard InChI is InChI=1S/C37H56N6O6S2/c1-5-10-26(30(45)34(48)40-24-13-14-24)41-33(47)28-20-37(50-17-9-18-51-37)22-43(28)35(49)31(36(2,3)4)42-32(46)25(23-11-7-6-8-12-23)19-29(44)27-21-38-15-16-39-27/h15-16,21,23-26,28,30-31,45H,5-14,17-20,22H2,1-4H3,(H,40,48)(H,41,47)(H,42,46)/t25-,26-,28-,30?,31+/m0/s1. The second-order valence-electron chi connectivity index (χ2n) is 15.8. The number of hydrogen-bond acceptors (Lipinski definition) is 10. The van der Waals surface area contributed by atoms with Crippen LogP contribution in [0.15, 0.2) is 18.6 Å². The van der Waals surface area contributed by atoms with Gasteiger partial charge in [-0.25, -0.2) is 4.98 Å². The summed E-state index contributed by atoms with van der Waals surface area (Å²) in [5, 5.41) is 19.9. The van der Waals surface area contributed by atoms with E-state index in [4.69, 9.17) is 0 Å². The molecule has 2 aliphatic heterocycles. The maximum Gasteiger partial charge on any atom is 0.251 e. The van der Waals surface area contributed by atoms with Crippen LogP contribution in [0.3, 0.4) is 0 Å². The Bertz CT molecular complexity index is 1390. The number of aliphatic hydroxyl groups excluding tert-OH is 1. The minimum Gasteiger partial charge on any atom is -0.381 e. The molecule has 2 aliphatic carbocycles. The van der Waals surface area contributed by atoms with E-state index in [2.05, 4.69) is 25.9 Å². The molecule has 4 N–H and O–H groups in total.